The van der Waals surface area contributed by atoms with Crippen molar-refractivity contribution in [1.82, 2.24) is 10.6 Å². The molecule has 4 nitrogen and oxygen atoms in total. The third-order valence-corrected chi connectivity index (χ3v) is 4.92. The Kier molecular flexibility index (Phi) is 4.00. The molecule has 1 heterocycles. The standard InChI is InChI=1S/C17H24N2O2/c1-17(2)15(13-8-9-21-16(13)17)19-11-14(20)18-10-12-6-4-3-5-7-12/h3-7,13,15-16,19H,8-11H2,1-2H3,(H,18,20). The van der Waals surface area contributed by atoms with E-state index < -0.39 is 0 Å². The number of amides is 1. The molecule has 1 amide bonds. The van der Waals surface area contributed by atoms with Crippen molar-refractivity contribution in [3.63, 3.8) is 0 Å². The van der Waals surface area contributed by atoms with Crippen LogP contribution in [0, 0.1) is 11.3 Å². The van der Waals surface area contributed by atoms with Gasteiger partial charge in [0.15, 0.2) is 0 Å². The van der Waals surface area contributed by atoms with Crippen molar-refractivity contribution in [2.24, 2.45) is 11.3 Å². The molecule has 2 fully saturated rings. The molecule has 0 bridgehead atoms. The van der Waals surface area contributed by atoms with Gasteiger partial charge in [0.2, 0.25) is 5.91 Å². The average Bonchev–Trinajstić information content (AvgIpc) is 2.93. The van der Waals surface area contributed by atoms with Crippen molar-refractivity contribution in [2.45, 2.75) is 39.0 Å². The summed E-state index contributed by atoms with van der Waals surface area (Å²) in [5, 5.41) is 6.38. The lowest BCUT2D eigenvalue weighted by Crippen LogP contribution is -2.66. The van der Waals surface area contributed by atoms with Gasteiger partial charge in [0.25, 0.3) is 0 Å². The monoisotopic (exact) mass is 288 g/mol. The molecular weight excluding hydrogens is 264 g/mol. The van der Waals surface area contributed by atoms with Crippen LogP contribution in [0.3, 0.4) is 0 Å². The first-order valence-electron chi connectivity index (χ1n) is 7.74. The van der Waals surface area contributed by atoms with Crippen LogP contribution in [0.5, 0.6) is 0 Å². The first kappa shape index (κ1) is 14.5. The Morgan fingerprint density at radius 2 is 2.10 bits per heavy atom. The molecule has 0 aromatic heterocycles. The molecule has 114 valence electrons. The third-order valence-electron chi connectivity index (χ3n) is 4.92. The van der Waals surface area contributed by atoms with Crippen molar-refractivity contribution in [2.75, 3.05) is 13.2 Å². The van der Waals surface area contributed by atoms with E-state index in [2.05, 4.69) is 24.5 Å². The number of ether oxygens (including phenoxy) is 1. The number of hydrogen-bond acceptors (Lipinski definition) is 3. The topological polar surface area (TPSA) is 50.4 Å². The SMILES string of the molecule is CC1(C)C(NCC(=O)NCc2ccccc2)C2CCOC21. The van der Waals surface area contributed by atoms with Gasteiger partial charge in [0.1, 0.15) is 0 Å². The van der Waals surface area contributed by atoms with E-state index >= 15 is 0 Å². The predicted molar refractivity (Wildman–Crippen MR) is 81.7 cm³/mol. The van der Waals surface area contributed by atoms with E-state index in [0.717, 1.165) is 18.6 Å². The quantitative estimate of drug-likeness (QED) is 0.867. The van der Waals surface area contributed by atoms with Gasteiger partial charge in [-0.25, -0.2) is 0 Å². The number of benzene rings is 1. The van der Waals surface area contributed by atoms with Gasteiger partial charge < -0.3 is 15.4 Å². The largest absolute Gasteiger partial charge is 0.377 e. The molecule has 1 saturated carbocycles. The first-order chi connectivity index (χ1) is 10.1. The third kappa shape index (κ3) is 2.83. The zero-order chi connectivity index (χ0) is 14.9. The summed E-state index contributed by atoms with van der Waals surface area (Å²) in [5.41, 5.74) is 1.25. The number of hydrogen-bond donors (Lipinski definition) is 2. The minimum atomic E-state index is 0.0528. The smallest absolute Gasteiger partial charge is 0.234 e. The summed E-state index contributed by atoms with van der Waals surface area (Å²) in [6.07, 6.45) is 1.47. The molecule has 2 N–H and O–H groups in total. The summed E-state index contributed by atoms with van der Waals surface area (Å²) < 4.78 is 5.77. The van der Waals surface area contributed by atoms with Gasteiger partial charge in [-0.05, 0) is 12.0 Å². The van der Waals surface area contributed by atoms with Crippen molar-refractivity contribution >= 4 is 5.91 Å². The average molecular weight is 288 g/mol. The second-order valence-electron chi connectivity index (χ2n) is 6.69. The van der Waals surface area contributed by atoms with Crippen molar-refractivity contribution in [1.29, 1.82) is 0 Å². The lowest BCUT2D eigenvalue weighted by molar-refractivity contribution is -0.126. The summed E-state index contributed by atoms with van der Waals surface area (Å²) in [7, 11) is 0. The summed E-state index contributed by atoms with van der Waals surface area (Å²) in [4.78, 5) is 12.0. The number of nitrogens with one attached hydrogen (secondary N) is 2. The lowest BCUT2D eigenvalue weighted by atomic mass is 9.57. The Balaban J connectivity index is 1.44. The molecule has 2 aliphatic rings. The van der Waals surface area contributed by atoms with Gasteiger partial charge in [-0.1, -0.05) is 44.2 Å². The zero-order valence-corrected chi connectivity index (χ0v) is 12.8. The van der Waals surface area contributed by atoms with E-state index in [0.29, 0.717) is 31.2 Å². The second-order valence-corrected chi connectivity index (χ2v) is 6.69. The van der Waals surface area contributed by atoms with Crippen LogP contribution in [-0.4, -0.2) is 31.2 Å². The van der Waals surface area contributed by atoms with Crippen LogP contribution in [0.1, 0.15) is 25.8 Å². The van der Waals surface area contributed by atoms with Gasteiger partial charge in [-0.3, -0.25) is 4.79 Å². The molecule has 1 saturated heterocycles. The maximum Gasteiger partial charge on any atom is 0.234 e. The molecule has 21 heavy (non-hydrogen) atoms. The summed E-state index contributed by atoms with van der Waals surface area (Å²) in [6.45, 7) is 6.27. The fourth-order valence-corrected chi connectivity index (χ4v) is 3.80. The highest BCUT2D eigenvalue weighted by Crippen LogP contribution is 2.51. The zero-order valence-electron chi connectivity index (χ0n) is 12.8. The van der Waals surface area contributed by atoms with Crippen molar-refractivity contribution < 1.29 is 9.53 Å². The Morgan fingerprint density at radius 3 is 2.86 bits per heavy atom. The van der Waals surface area contributed by atoms with Gasteiger partial charge >= 0.3 is 0 Å². The number of carbonyl (C=O) groups is 1. The van der Waals surface area contributed by atoms with Crippen molar-refractivity contribution in [3.05, 3.63) is 35.9 Å². The van der Waals surface area contributed by atoms with E-state index in [-0.39, 0.29) is 11.3 Å². The van der Waals surface area contributed by atoms with Gasteiger partial charge in [-0.15, -0.1) is 0 Å². The Hall–Kier alpha value is -1.39. The molecule has 1 aromatic rings. The maximum atomic E-state index is 12.0. The molecule has 1 aliphatic carbocycles. The minimum Gasteiger partial charge on any atom is -0.377 e. The predicted octanol–water partition coefficient (Wildman–Crippen LogP) is 1.71. The highest BCUT2D eigenvalue weighted by Gasteiger charge is 2.58. The van der Waals surface area contributed by atoms with Gasteiger partial charge in [-0.2, -0.15) is 0 Å². The fraction of sp³-hybridized carbons (Fsp3) is 0.588. The van der Waals surface area contributed by atoms with E-state index in [4.69, 9.17) is 4.74 Å². The summed E-state index contributed by atoms with van der Waals surface area (Å²) in [5.74, 6) is 0.624. The first-order valence-corrected chi connectivity index (χ1v) is 7.74. The fourth-order valence-electron chi connectivity index (χ4n) is 3.80. The molecule has 3 rings (SSSR count). The van der Waals surface area contributed by atoms with Crippen LogP contribution in [0.25, 0.3) is 0 Å². The molecule has 1 aliphatic heterocycles. The van der Waals surface area contributed by atoms with Crippen molar-refractivity contribution in [3.8, 4) is 0 Å². The number of carbonyl (C=O) groups excluding carboxylic acids is 1. The number of rotatable bonds is 5. The molecular formula is C17H24N2O2. The second kappa shape index (κ2) is 5.78. The summed E-state index contributed by atoms with van der Waals surface area (Å²) >= 11 is 0. The molecule has 3 unspecified atom stereocenters. The number of fused-ring (bicyclic) bond motifs is 1. The normalized spacial score (nSPS) is 29.5. The lowest BCUT2D eigenvalue weighted by Gasteiger charge is -2.54. The molecule has 3 atom stereocenters. The highest BCUT2D eigenvalue weighted by molar-refractivity contribution is 5.78. The maximum absolute atomic E-state index is 12.0. The Bertz CT molecular complexity index is 501. The van der Waals surface area contributed by atoms with Crippen LogP contribution in [0.15, 0.2) is 30.3 Å². The van der Waals surface area contributed by atoms with E-state index in [1.807, 2.05) is 30.3 Å². The van der Waals surface area contributed by atoms with Crippen LogP contribution in [-0.2, 0) is 16.1 Å². The highest BCUT2D eigenvalue weighted by atomic mass is 16.5. The van der Waals surface area contributed by atoms with Gasteiger partial charge in [0.05, 0.1) is 12.6 Å². The Morgan fingerprint density at radius 1 is 1.33 bits per heavy atom. The molecule has 0 radical (unpaired) electrons. The summed E-state index contributed by atoms with van der Waals surface area (Å²) in [6, 6.07) is 10.4. The Labute approximate surface area is 126 Å². The minimum absolute atomic E-state index is 0.0528. The van der Waals surface area contributed by atoms with E-state index in [1.165, 1.54) is 0 Å². The molecule has 0 spiro atoms. The van der Waals surface area contributed by atoms with Crippen LogP contribution in [0.4, 0.5) is 0 Å². The molecule has 4 heteroatoms. The van der Waals surface area contributed by atoms with Crippen LogP contribution >= 0.6 is 0 Å². The van der Waals surface area contributed by atoms with Crippen LogP contribution in [0.2, 0.25) is 0 Å². The molecule has 1 aromatic carbocycles. The van der Waals surface area contributed by atoms with Gasteiger partial charge in [0, 0.05) is 30.5 Å². The van der Waals surface area contributed by atoms with E-state index in [9.17, 15) is 4.79 Å². The van der Waals surface area contributed by atoms with Crippen LogP contribution < -0.4 is 10.6 Å². The van der Waals surface area contributed by atoms with E-state index in [1.54, 1.807) is 0 Å².